The van der Waals surface area contributed by atoms with E-state index >= 15 is 0 Å². The van der Waals surface area contributed by atoms with E-state index in [4.69, 9.17) is 0 Å². The summed E-state index contributed by atoms with van der Waals surface area (Å²) in [5, 5.41) is 11.6. The van der Waals surface area contributed by atoms with Gasteiger partial charge in [-0.2, -0.15) is 0 Å². The van der Waals surface area contributed by atoms with Crippen LogP contribution in [0.15, 0.2) is 59.5 Å². The normalized spacial score (nSPS) is 23.3. The molecule has 1 saturated carbocycles. The largest absolute Gasteiger partial charge is 0.347 e. The third-order valence-electron chi connectivity index (χ3n) is 7.78. The molecular formula is C26H28N6O3. The third-order valence-corrected chi connectivity index (χ3v) is 7.78. The lowest BCUT2D eigenvalue weighted by Crippen LogP contribution is -2.48. The molecule has 3 aliphatic rings. The first kappa shape index (κ1) is 21.8. The van der Waals surface area contributed by atoms with Gasteiger partial charge in [-0.15, -0.1) is 10.2 Å². The number of benzene rings is 1. The number of nitrogens with zero attached hydrogens (tertiary/aromatic N) is 5. The van der Waals surface area contributed by atoms with Gasteiger partial charge < -0.3 is 19.4 Å². The molecule has 3 aromatic rings. The second-order valence-electron chi connectivity index (χ2n) is 9.84. The standard InChI is InChI=1S/C26H28N6O3/c33-22-8-4-5-14-30(22)17-23(34)31-15-13-26(18-6-2-1-3-7-18)12-11-21-28-29-24(32(21)16-20(26)31)25(35)27-19-9-10-19/h1-8,14,19-20H,9-13,15-17H2,(H,27,35)/t20-,26-/m0/s1. The van der Waals surface area contributed by atoms with Gasteiger partial charge in [0.05, 0.1) is 6.04 Å². The van der Waals surface area contributed by atoms with Crippen molar-refractivity contribution in [1.82, 2.24) is 29.5 Å². The van der Waals surface area contributed by atoms with Crippen molar-refractivity contribution < 1.29 is 9.59 Å². The van der Waals surface area contributed by atoms with Crippen LogP contribution in [0.1, 0.15) is 47.7 Å². The summed E-state index contributed by atoms with van der Waals surface area (Å²) in [6, 6.07) is 15.3. The van der Waals surface area contributed by atoms with Crippen LogP contribution < -0.4 is 10.9 Å². The van der Waals surface area contributed by atoms with Crippen molar-refractivity contribution in [3.63, 3.8) is 0 Å². The Labute approximate surface area is 202 Å². The number of carbonyl (C=O) groups excluding carboxylic acids is 2. The number of aromatic nitrogens is 4. The number of carbonyl (C=O) groups is 2. The SMILES string of the molecule is O=C(NC1CC1)c1nnc2n1C[C@@H]1N(C(=O)Cn3ccccc3=O)CC[C@]1(c1ccccc1)CC2. The van der Waals surface area contributed by atoms with E-state index in [1.54, 1.807) is 18.3 Å². The molecule has 0 radical (unpaired) electrons. The summed E-state index contributed by atoms with van der Waals surface area (Å²) in [5.74, 6) is 0.795. The molecule has 9 heteroatoms. The molecule has 2 fully saturated rings. The van der Waals surface area contributed by atoms with E-state index in [1.807, 2.05) is 27.7 Å². The molecule has 9 nitrogen and oxygen atoms in total. The Morgan fingerprint density at radius 3 is 2.60 bits per heavy atom. The van der Waals surface area contributed by atoms with Crippen molar-refractivity contribution in [2.75, 3.05) is 6.54 Å². The fourth-order valence-corrected chi connectivity index (χ4v) is 5.75. The highest BCUT2D eigenvalue weighted by Crippen LogP contribution is 2.46. The number of pyridine rings is 1. The van der Waals surface area contributed by atoms with Crippen LogP contribution in [0.4, 0.5) is 0 Å². The van der Waals surface area contributed by atoms with Gasteiger partial charge in [0.15, 0.2) is 0 Å². The maximum atomic E-state index is 13.6. The Morgan fingerprint density at radius 1 is 1.03 bits per heavy atom. The lowest BCUT2D eigenvalue weighted by atomic mass is 9.71. The number of amides is 2. The quantitative estimate of drug-likeness (QED) is 0.607. The molecule has 0 spiro atoms. The number of rotatable bonds is 5. The average molecular weight is 473 g/mol. The molecule has 2 amide bonds. The number of fused-ring (bicyclic) bond motifs is 2. The number of hydrogen-bond acceptors (Lipinski definition) is 5. The van der Waals surface area contributed by atoms with Crippen molar-refractivity contribution in [2.45, 2.75) is 62.7 Å². The van der Waals surface area contributed by atoms with Crippen LogP contribution in [0.5, 0.6) is 0 Å². The second-order valence-corrected chi connectivity index (χ2v) is 9.84. The fourth-order valence-electron chi connectivity index (χ4n) is 5.75. The average Bonchev–Trinajstić information content (AvgIpc) is 3.52. The Hall–Kier alpha value is -3.75. The second kappa shape index (κ2) is 8.48. The summed E-state index contributed by atoms with van der Waals surface area (Å²) in [6.45, 7) is 1.03. The maximum Gasteiger partial charge on any atom is 0.289 e. The zero-order chi connectivity index (χ0) is 24.0. The Morgan fingerprint density at radius 2 is 1.83 bits per heavy atom. The van der Waals surface area contributed by atoms with E-state index in [1.165, 1.54) is 16.2 Å². The van der Waals surface area contributed by atoms with Gasteiger partial charge in [0, 0.05) is 43.2 Å². The Balaban J connectivity index is 1.37. The molecule has 0 bridgehead atoms. The highest BCUT2D eigenvalue weighted by atomic mass is 16.2. The molecule has 1 aromatic carbocycles. The van der Waals surface area contributed by atoms with E-state index in [0.717, 1.165) is 31.5 Å². The Bertz CT molecular complexity index is 1330. The molecule has 2 atom stereocenters. The molecule has 1 saturated heterocycles. The summed E-state index contributed by atoms with van der Waals surface area (Å²) in [5.41, 5.74) is 0.735. The van der Waals surface area contributed by atoms with E-state index in [0.29, 0.717) is 25.3 Å². The third kappa shape index (κ3) is 3.84. The summed E-state index contributed by atoms with van der Waals surface area (Å²) in [7, 11) is 0. The number of likely N-dealkylation sites (tertiary alicyclic amines) is 1. The van der Waals surface area contributed by atoms with E-state index in [-0.39, 0.29) is 41.4 Å². The van der Waals surface area contributed by atoms with Gasteiger partial charge in [-0.05, 0) is 37.3 Å². The Kier molecular flexibility index (Phi) is 5.27. The number of hydrogen-bond donors (Lipinski definition) is 1. The molecule has 4 heterocycles. The van der Waals surface area contributed by atoms with Gasteiger partial charge >= 0.3 is 0 Å². The van der Waals surface area contributed by atoms with E-state index in [2.05, 4.69) is 27.6 Å². The van der Waals surface area contributed by atoms with Crippen LogP contribution in [0.2, 0.25) is 0 Å². The van der Waals surface area contributed by atoms with Crippen LogP contribution in [0, 0.1) is 0 Å². The molecule has 6 rings (SSSR count). The zero-order valence-electron chi connectivity index (χ0n) is 19.5. The molecular weight excluding hydrogens is 444 g/mol. The predicted octanol–water partition coefficient (Wildman–Crippen LogP) is 1.52. The lowest BCUT2D eigenvalue weighted by molar-refractivity contribution is -0.133. The van der Waals surface area contributed by atoms with Crippen molar-refractivity contribution in [3.8, 4) is 0 Å². The first-order valence-electron chi connectivity index (χ1n) is 12.3. The number of nitrogens with one attached hydrogen (secondary N) is 1. The van der Waals surface area contributed by atoms with Gasteiger partial charge in [-0.3, -0.25) is 14.4 Å². The van der Waals surface area contributed by atoms with Crippen LogP contribution in [-0.4, -0.2) is 54.7 Å². The predicted molar refractivity (Wildman–Crippen MR) is 128 cm³/mol. The monoisotopic (exact) mass is 472 g/mol. The molecule has 2 aromatic heterocycles. The molecule has 180 valence electrons. The smallest absolute Gasteiger partial charge is 0.289 e. The van der Waals surface area contributed by atoms with Crippen molar-refractivity contribution >= 4 is 11.8 Å². The van der Waals surface area contributed by atoms with Gasteiger partial charge in [0.2, 0.25) is 11.7 Å². The summed E-state index contributed by atoms with van der Waals surface area (Å²) in [6.07, 6.45) is 5.93. The van der Waals surface area contributed by atoms with Crippen LogP contribution in [0.3, 0.4) is 0 Å². The minimum absolute atomic E-state index is 0.00883. The summed E-state index contributed by atoms with van der Waals surface area (Å²) in [4.78, 5) is 40.7. The van der Waals surface area contributed by atoms with Gasteiger partial charge in [-0.25, -0.2) is 0 Å². The maximum absolute atomic E-state index is 13.6. The van der Waals surface area contributed by atoms with Crippen molar-refractivity contribution in [1.29, 1.82) is 0 Å². The minimum Gasteiger partial charge on any atom is -0.347 e. The first-order valence-corrected chi connectivity index (χ1v) is 12.3. The van der Waals surface area contributed by atoms with Gasteiger partial charge in [0.25, 0.3) is 11.5 Å². The summed E-state index contributed by atoms with van der Waals surface area (Å²) >= 11 is 0. The molecule has 35 heavy (non-hydrogen) atoms. The minimum atomic E-state index is -0.260. The van der Waals surface area contributed by atoms with Crippen LogP contribution in [0.25, 0.3) is 0 Å². The van der Waals surface area contributed by atoms with Crippen molar-refractivity contribution in [2.24, 2.45) is 0 Å². The van der Waals surface area contributed by atoms with Crippen LogP contribution >= 0.6 is 0 Å². The van der Waals surface area contributed by atoms with Crippen molar-refractivity contribution in [3.05, 3.63) is 82.3 Å². The highest BCUT2D eigenvalue weighted by molar-refractivity contribution is 5.91. The topological polar surface area (TPSA) is 102 Å². The van der Waals surface area contributed by atoms with E-state index < -0.39 is 0 Å². The van der Waals surface area contributed by atoms with E-state index in [9.17, 15) is 14.4 Å². The molecule has 1 aliphatic carbocycles. The number of aryl methyl sites for hydroxylation is 1. The molecule has 1 N–H and O–H groups in total. The van der Waals surface area contributed by atoms with Gasteiger partial charge in [-0.1, -0.05) is 36.4 Å². The van der Waals surface area contributed by atoms with Gasteiger partial charge in [0.1, 0.15) is 12.4 Å². The molecule has 0 unspecified atom stereocenters. The molecule has 2 aliphatic heterocycles. The first-order chi connectivity index (χ1) is 17.0. The lowest BCUT2D eigenvalue weighted by Gasteiger charge is -2.37. The highest BCUT2D eigenvalue weighted by Gasteiger charge is 2.51. The zero-order valence-corrected chi connectivity index (χ0v) is 19.5. The van der Waals surface area contributed by atoms with Crippen LogP contribution in [-0.2, 0) is 29.7 Å². The fraction of sp³-hybridized carbons (Fsp3) is 0.423. The summed E-state index contributed by atoms with van der Waals surface area (Å²) < 4.78 is 3.35.